The lowest BCUT2D eigenvalue weighted by Gasteiger charge is -2.22. The molecule has 3 rings (SSSR count). The molecule has 1 unspecified atom stereocenters. The molecule has 168 valence electrons. The highest BCUT2D eigenvalue weighted by Crippen LogP contribution is 2.42. The average molecular weight is 486 g/mol. The Morgan fingerprint density at radius 3 is 2.53 bits per heavy atom. The van der Waals surface area contributed by atoms with Gasteiger partial charge in [-0.2, -0.15) is 23.5 Å². The van der Waals surface area contributed by atoms with Gasteiger partial charge in [-0.05, 0) is 23.8 Å². The van der Waals surface area contributed by atoms with E-state index in [1.165, 1.54) is 0 Å². The van der Waals surface area contributed by atoms with Crippen LogP contribution in [0.25, 0.3) is 5.69 Å². The molecule has 3 aromatic rings. The van der Waals surface area contributed by atoms with E-state index in [0.29, 0.717) is 10.6 Å². The third kappa shape index (κ3) is 5.03. The second kappa shape index (κ2) is 8.79. The van der Waals surface area contributed by atoms with Crippen LogP contribution in [0.2, 0.25) is 5.02 Å². The number of hydrogen-bond acceptors (Lipinski definition) is 6. The third-order valence-corrected chi connectivity index (χ3v) is 5.71. The lowest BCUT2D eigenvalue weighted by molar-refractivity contribution is -0.139. The highest BCUT2D eigenvalue weighted by molar-refractivity contribution is 7.89. The molecule has 2 aromatic carbocycles. The van der Waals surface area contributed by atoms with Crippen molar-refractivity contribution in [2.45, 2.75) is 23.7 Å². The predicted octanol–water partition coefficient (Wildman–Crippen LogP) is 3.04. The maximum atomic E-state index is 14.0. The van der Waals surface area contributed by atoms with E-state index in [1.54, 1.807) is 30.3 Å². The Balaban J connectivity index is 2.13. The number of aliphatic hydroxyl groups excluding tert-OH is 1. The van der Waals surface area contributed by atoms with Gasteiger partial charge in [0.2, 0.25) is 10.0 Å². The van der Waals surface area contributed by atoms with Crippen molar-refractivity contribution in [1.29, 1.82) is 5.26 Å². The summed E-state index contributed by atoms with van der Waals surface area (Å²) in [5.74, 6) is 0. The first-order valence-electron chi connectivity index (χ1n) is 8.82. The number of primary sulfonamides is 1. The van der Waals surface area contributed by atoms with Crippen LogP contribution in [0.3, 0.4) is 0 Å². The summed E-state index contributed by atoms with van der Waals surface area (Å²) in [5, 5.41) is 30.7. The van der Waals surface area contributed by atoms with Crippen molar-refractivity contribution in [3.8, 4) is 11.8 Å². The Morgan fingerprint density at radius 2 is 1.97 bits per heavy atom. The molecule has 0 spiro atoms. The summed E-state index contributed by atoms with van der Waals surface area (Å²) in [6, 6.07) is 10.1. The molecule has 32 heavy (non-hydrogen) atoms. The molecule has 1 heterocycles. The van der Waals surface area contributed by atoms with Gasteiger partial charge in [0.1, 0.15) is 22.8 Å². The van der Waals surface area contributed by atoms with Gasteiger partial charge >= 0.3 is 6.18 Å². The number of benzene rings is 2. The predicted molar refractivity (Wildman–Crippen MR) is 109 cm³/mol. The Morgan fingerprint density at radius 1 is 1.28 bits per heavy atom. The third-order valence-electron chi connectivity index (χ3n) is 4.36. The second-order valence-electron chi connectivity index (χ2n) is 6.62. The molecule has 8 nitrogen and oxygen atoms in total. The zero-order valence-electron chi connectivity index (χ0n) is 16.0. The Kier molecular flexibility index (Phi) is 6.47. The van der Waals surface area contributed by atoms with Gasteiger partial charge in [-0.15, -0.1) is 0 Å². The Bertz CT molecular complexity index is 1300. The normalized spacial score (nSPS) is 12.9. The number of halogens is 4. The van der Waals surface area contributed by atoms with Crippen LogP contribution in [0.4, 0.5) is 18.9 Å². The van der Waals surface area contributed by atoms with Gasteiger partial charge in [-0.3, -0.25) is 0 Å². The molecule has 0 saturated heterocycles. The fraction of sp³-hybridized carbons (Fsp3) is 0.158. The van der Waals surface area contributed by atoms with Crippen molar-refractivity contribution >= 4 is 27.3 Å². The van der Waals surface area contributed by atoms with E-state index in [-0.39, 0.29) is 12.0 Å². The summed E-state index contributed by atoms with van der Waals surface area (Å²) >= 11 is 6.02. The largest absolute Gasteiger partial charge is 0.419 e. The van der Waals surface area contributed by atoms with Crippen molar-refractivity contribution in [2.75, 3.05) is 5.32 Å². The van der Waals surface area contributed by atoms with Crippen molar-refractivity contribution in [2.24, 2.45) is 5.14 Å². The van der Waals surface area contributed by atoms with E-state index in [0.717, 1.165) is 29.2 Å². The monoisotopic (exact) mass is 485 g/mol. The number of sulfonamides is 1. The summed E-state index contributed by atoms with van der Waals surface area (Å²) in [5.41, 5.74) is -2.36. The quantitative estimate of drug-likeness (QED) is 0.459. The SMILES string of the molecule is N#Cc1cnn(-c2ccc(NC(O)Cc3ccccc3Cl)c(C(F)(F)F)c2S(N)(=O)=O)c1. The van der Waals surface area contributed by atoms with Crippen molar-refractivity contribution in [3.05, 3.63) is 70.5 Å². The van der Waals surface area contributed by atoms with Crippen molar-refractivity contribution in [1.82, 2.24) is 9.78 Å². The zero-order valence-corrected chi connectivity index (χ0v) is 17.6. The van der Waals surface area contributed by atoms with Crippen LogP contribution in [0.5, 0.6) is 0 Å². The molecule has 0 amide bonds. The average Bonchev–Trinajstić information content (AvgIpc) is 3.17. The number of aromatic nitrogens is 2. The molecule has 0 aliphatic carbocycles. The first-order chi connectivity index (χ1) is 14.9. The van der Waals surface area contributed by atoms with E-state index in [4.69, 9.17) is 22.0 Å². The topological polar surface area (TPSA) is 134 Å². The molecule has 0 bridgehead atoms. The number of alkyl halides is 3. The lowest BCUT2D eigenvalue weighted by atomic mass is 10.1. The molecule has 1 atom stereocenters. The number of nitrogens with zero attached hydrogens (tertiary/aromatic N) is 3. The summed E-state index contributed by atoms with van der Waals surface area (Å²) in [6.07, 6.45) is -4.75. The minimum absolute atomic E-state index is 0.00343. The van der Waals surface area contributed by atoms with E-state index < -0.39 is 44.3 Å². The van der Waals surface area contributed by atoms with Crippen LogP contribution in [-0.2, 0) is 22.6 Å². The van der Waals surface area contributed by atoms with Crippen LogP contribution >= 0.6 is 11.6 Å². The molecule has 13 heteroatoms. The van der Waals surface area contributed by atoms with Gasteiger partial charge in [0.25, 0.3) is 0 Å². The van der Waals surface area contributed by atoms with Crippen molar-refractivity contribution < 1.29 is 26.7 Å². The number of anilines is 1. The number of nitrogens with two attached hydrogens (primary N) is 1. The maximum absolute atomic E-state index is 14.0. The number of rotatable bonds is 6. The molecular weight excluding hydrogens is 471 g/mol. The highest BCUT2D eigenvalue weighted by atomic mass is 35.5. The van der Waals surface area contributed by atoms with Crippen LogP contribution in [0.1, 0.15) is 16.7 Å². The van der Waals surface area contributed by atoms with Crippen LogP contribution in [0, 0.1) is 11.3 Å². The van der Waals surface area contributed by atoms with Gasteiger partial charge in [0.05, 0.1) is 17.4 Å². The van der Waals surface area contributed by atoms with E-state index in [9.17, 15) is 26.7 Å². The minimum atomic E-state index is -5.17. The number of nitriles is 1. The first kappa shape index (κ1) is 23.6. The molecule has 0 fully saturated rings. The highest BCUT2D eigenvalue weighted by Gasteiger charge is 2.41. The van der Waals surface area contributed by atoms with E-state index >= 15 is 0 Å². The van der Waals surface area contributed by atoms with Crippen LogP contribution in [0.15, 0.2) is 53.7 Å². The summed E-state index contributed by atoms with van der Waals surface area (Å²) in [6.45, 7) is 0. The molecule has 4 N–H and O–H groups in total. The van der Waals surface area contributed by atoms with Crippen LogP contribution in [-0.4, -0.2) is 29.5 Å². The van der Waals surface area contributed by atoms with E-state index in [2.05, 4.69) is 10.4 Å². The van der Waals surface area contributed by atoms with Gasteiger partial charge in [-0.25, -0.2) is 18.2 Å². The Hall–Kier alpha value is -3.11. The van der Waals surface area contributed by atoms with E-state index in [1.807, 2.05) is 0 Å². The smallest absolute Gasteiger partial charge is 0.373 e. The van der Waals surface area contributed by atoms with Gasteiger partial charge < -0.3 is 10.4 Å². The number of nitrogens with one attached hydrogen (secondary N) is 1. The number of aliphatic hydroxyl groups is 1. The molecule has 1 aromatic heterocycles. The second-order valence-corrected chi connectivity index (χ2v) is 8.53. The zero-order chi connectivity index (χ0) is 23.7. The fourth-order valence-electron chi connectivity index (χ4n) is 3.06. The van der Waals surface area contributed by atoms with Crippen molar-refractivity contribution in [3.63, 3.8) is 0 Å². The summed E-state index contributed by atoms with van der Waals surface area (Å²) in [7, 11) is -4.92. The van der Waals surface area contributed by atoms with Crippen LogP contribution < -0.4 is 10.5 Å². The number of hydrogen-bond donors (Lipinski definition) is 3. The molecule has 0 radical (unpaired) electrons. The Labute approximate surface area is 185 Å². The maximum Gasteiger partial charge on any atom is 0.419 e. The molecule has 0 saturated carbocycles. The summed E-state index contributed by atoms with van der Waals surface area (Å²) in [4.78, 5) is -1.26. The standard InChI is InChI=1S/C19H15ClF3N5O3S/c20-13-4-2-1-3-12(13)7-16(29)27-14-5-6-15(28-10-11(8-24)9-26-28)18(32(25,30)31)17(14)19(21,22)23/h1-6,9-10,16,27,29H,7H2,(H2,25,30,31). The minimum Gasteiger partial charge on any atom is -0.373 e. The molecule has 0 aliphatic rings. The summed E-state index contributed by atoms with van der Waals surface area (Å²) < 4.78 is 67.2. The van der Waals surface area contributed by atoms with Gasteiger partial charge in [0, 0.05) is 23.3 Å². The molecular formula is C19H15ClF3N5O3S. The lowest BCUT2D eigenvalue weighted by Crippen LogP contribution is -2.27. The van der Waals surface area contributed by atoms with Gasteiger partial charge in [0.15, 0.2) is 0 Å². The first-order valence-corrected chi connectivity index (χ1v) is 10.7. The fourth-order valence-corrected chi connectivity index (χ4v) is 4.23. The molecule has 0 aliphatic heterocycles. The van der Waals surface area contributed by atoms with Gasteiger partial charge in [-0.1, -0.05) is 29.8 Å².